The second kappa shape index (κ2) is 6.87. The molecule has 2 aliphatic rings. The van der Waals surface area contributed by atoms with Crippen molar-refractivity contribution in [3.63, 3.8) is 0 Å². The lowest BCUT2D eigenvalue weighted by molar-refractivity contribution is 0.377. The number of rotatable bonds is 3. The van der Waals surface area contributed by atoms with E-state index in [0.717, 1.165) is 18.4 Å². The molecular formula is C22H24BrNO2S. The zero-order valence-electron chi connectivity index (χ0n) is 15.7. The van der Waals surface area contributed by atoms with Gasteiger partial charge >= 0.3 is 0 Å². The van der Waals surface area contributed by atoms with Gasteiger partial charge < -0.3 is 0 Å². The third-order valence-corrected chi connectivity index (χ3v) is 8.44. The minimum atomic E-state index is -3.50. The zero-order chi connectivity index (χ0) is 19.2. The summed E-state index contributed by atoms with van der Waals surface area (Å²) in [7, 11) is -3.50. The average Bonchev–Trinajstić information content (AvgIpc) is 3.03. The van der Waals surface area contributed by atoms with Gasteiger partial charge in [-0.3, -0.25) is 0 Å². The lowest BCUT2D eigenvalue weighted by Gasteiger charge is -2.36. The number of hydrogen-bond donors (Lipinski definition) is 0. The third-order valence-electron chi connectivity index (χ3n) is 5.98. The Labute approximate surface area is 170 Å². The average molecular weight is 446 g/mol. The predicted octanol–water partition coefficient (Wildman–Crippen LogP) is 4.93. The van der Waals surface area contributed by atoms with E-state index in [0.29, 0.717) is 23.9 Å². The largest absolute Gasteiger partial charge is 0.243 e. The van der Waals surface area contributed by atoms with Crippen molar-refractivity contribution in [1.29, 1.82) is 0 Å². The van der Waals surface area contributed by atoms with Crippen molar-refractivity contribution in [1.82, 2.24) is 4.31 Å². The molecule has 27 heavy (non-hydrogen) atoms. The van der Waals surface area contributed by atoms with Gasteiger partial charge in [-0.2, -0.15) is 4.31 Å². The number of nitrogens with zero attached hydrogens (tertiary/aromatic N) is 1. The molecule has 0 N–H and O–H groups in total. The molecule has 0 amide bonds. The van der Waals surface area contributed by atoms with E-state index in [-0.39, 0.29) is 5.41 Å². The van der Waals surface area contributed by atoms with Crippen LogP contribution in [0.4, 0.5) is 0 Å². The number of halogens is 1. The van der Waals surface area contributed by atoms with Gasteiger partial charge in [0, 0.05) is 18.5 Å². The summed E-state index contributed by atoms with van der Waals surface area (Å²) in [5.41, 5.74) is 3.22. The van der Waals surface area contributed by atoms with E-state index in [2.05, 4.69) is 53.2 Å². The fourth-order valence-corrected chi connectivity index (χ4v) is 6.56. The maximum absolute atomic E-state index is 13.3. The van der Waals surface area contributed by atoms with Gasteiger partial charge in [0.2, 0.25) is 10.0 Å². The molecule has 0 bridgehead atoms. The summed E-state index contributed by atoms with van der Waals surface area (Å²) in [4.78, 5) is 0.383. The summed E-state index contributed by atoms with van der Waals surface area (Å²) in [5, 5.41) is 0. The lowest BCUT2D eigenvalue weighted by Crippen LogP contribution is -2.36. The van der Waals surface area contributed by atoms with Gasteiger partial charge in [0.25, 0.3) is 0 Å². The molecule has 1 heterocycles. The predicted molar refractivity (Wildman–Crippen MR) is 113 cm³/mol. The molecule has 2 aromatic carbocycles. The van der Waals surface area contributed by atoms with Crippen molar-refractivity contribution >= 4 is 26.0 Å². The minimum Gasteiger partial charge on any atom is -0.207 e. The molecule has 0 saturated carbocycles. The van der Waals surface area contributed by atoms with Gasteiger partial charge in [0.1, 0.15) is 0 Å². The summed E-state index contributed by atoms with van der Waals surface area (Å²) in [6.07, 6.45) is 4.22. The van der Waals surface area contributed by atoms with Crippen LogP contribution in [0.25, 0.3) is 0 Å². The molecule has 2 aromatic rings. The van der Waals surface area contributed by atoms with Crippen LogP contribution < -0.4 is 0 Å². The smallest absolute Gasteiger partial charge is 0.207 e. The summed E-state index contributed by atoms with van der Waals surface area (Å²) in [6.45, 7) is 5.11. The molecule has 0 spiro atoms. The van der Waals surface area contributed by atoms with E-state index in [1.54, 1.807) is 16.4 Å². The molecule has 2 unspecified atom stereocenters. The first-order valence-corrected chi connectivity index (χ1v) is 11.6. The normalized spacial score (nSPS) is 25.9. The highest BCUT2D eigenvalue weighted by atomic mass is 79.9. The Kier molecular flexibility index (Phi) is 4.81. The minimum absolute atomic E-state index is 0.261. The van der Waals surface area contributed by atoms with E-state index < -0.39 is 10.0 Å². The summed E-state index contributed by atoms with van der Waals surface area (Å²) >= 11 is 3.69. The van der Waals surface area contributed by atoms with Crippen LogP contribution in [-0.2, 0) is 15.4 Å². The lowest BCUT2D eigenvalue weighted by atomic mass is 9.68. The Balaban J connectivity index is 1.75. The Morgan fingerprint density at radius 3 is 2.22 bits per heavy atom. The highest BCUT2D eigenvalue weighted by molar-refractivity contribution is 9.11. The number of sulfonamides is 1. The van der Waals surface area contributed by atoms with Gasteiger partial charge in [-0.05, 0) is 54.8 Å². The van der Waals surface area contributed by atoms with Crippen LogP contribution in [0.5, 0.6) is 0 Å². The highest BCUT2D eigenvalue weighted by Crippen LogP contribution is 2.49. The summed E-state index contributed by atoms with van der Waals surface area (Å²) < 4.78 is 29.4. The van der Waals surface area contributed by atoms with Gasteiger partial charge in [-0.1, -0.05) is 69.5 Å². The van der Waals surface area contributed by atoms with Crippen LogP contribution in [-0.4, -0.2) is 25.8 Å². The fourth-order valence-electron chi connectivity index (χ4n) is 4.39. The molecule has 0 aromatic heterocycles. The van der Waals surface area contributed by atoms with Gasteiger partial charge in [0.15, 0.2) is 0 Å². The van der Waals surface area contributed by atoms with Crippen LogP contribution in [0.15, 0.2) is 64.0 Å². The van der Waals surface area contributed by atoms with Crippen LogP contribution in [0.3, 0.4) is 0 Å². The number of hydrogen-bond acceptors (Lipinski definition) is 2. The third kappa shape index (κ3) is 3.30. The SMILES string of the molecule is Cc1ccc(C23C=C(Br)CCC2CN(S(=O)(=O)c2ccc(C)cc2)C3)cc1. The monoisotopic (exact) mass is 445 g/mol. The number of benzene rings is 2. The van der Waals surface area contributed by atoms with Gasteiger partial charge in [-0.25, -0.2) is 8.42 Å². The summed E-state index contributed by atoms with van der Waals surface area (Å²) in [5.74, 6) is 0.293. The van der Waals surface area contributed by atoms with Crippen molar-refractivity contribution in [2.24, 2.45) is 5.92 Å². The molecule has 1 aliphatic heterocycles. The van der Waals surface area contributed by atoms with Crippen molar-refractivity contribution < 1.29 is 8.42 Å². The molecule has 0 radical (unpaired) electrons. The van der Waals surface area contributed by atoms with Gasteiger partial charge in [0.05, 0.1) is 4.90 Å². The van der Waals surface area contributed by atoms with E-state index in [4.69, 9.17) is 0 Å². The van der Waals surface area contributed by atoms with E-state index in [1.165, 1.54) is 15.6 Å². The molecule has 1 fully saturated rings. The molecule has 3 nitrogen and oxygen atoms in total. The highest BCUT2D eigenvalue weighted by Gasteiger charge is 2.51. The Hall–Kier alpha value is -1.43. The van der Waals surface area contributed by atoms with Crippen LogP contribution in [0, 0.1) is 19.8 Å². The number of allylic oxidation sites excluding steroid dienone is 1. The standard InChI is InChI=1S/C22H24BrNO2S/c1-16-3-7-18(8-4-16)22-13-20(23)10-9-19(22)14-24(15-22)27(25,26)21-11-5-17(2)6-12-21/h3-8,11-13,19H,9-10,14-15H2,1-2H3. The topological polar surface area (TPSA) is 37.4 Å². The zero-order valence-corrected chi connectivity index (χ0v) is 18.1. The molecule has 2 atom stereocenters. The molecular weight excluding hydrogens is 422 g/mol. The van der Waals surface area contributed by atoms with Crippen molar-refractivity contribution in [2.75, 3.05) is 13.1 Å². The van der Waals surface area contributed by atoms with E-state index in [9.17, 15) is 8.42 Å². The molecule has 1 aliphatic carbocycles. The fraction of sp³-hybridized carbons (Fsp3) is 0.364. The van der Waals surface area contributed by atoms with Crippen LogP contribution >= 0.6 is 15.9 Å². The Bertz CT molecular complexity index is 980. The molecule has 4 rings (SSSR count). The number of fused-ring (bicyclic) bond motifs is 1. The second-order valence-electron chi connectivity index (χ2n) is 7.84. The second-order valence-corrected chi connectivity index (χ2v) is 10.8. The molecule has 142 valence electrons. The molecule has 5 heteroatoms. The maximum atomic E-state index is 13.3. The Morgan fingerprint density at radius 2 is 1.59 bits per heavy atom. The first-order chi connectivity index (χ1) is 12.8. The van der Waals surface area contributed by atoms with Gasteiger partial charge in [-0.15, -0.1) is 0 Å². The molecule has 1 saturated heterocycles. The van der Waals surface area contributed by atoms with E-state index >= 15 is 0 Å². The summed E-state index contributed by atoms with van der Waals surface area (Å²) in [6, 6.07) is 15.7. The van der Waals surface area contributed by atoms with Crippen molar-refractivity contribution in [3.8, 4) is 0 Å². The Morgan fingerprint density at radius 1 is 1.00 bits per heavy atom. The maximum Gasteiger partial charge on any atom is 0.243 e. The first-order valence-electron chi connectivity index (χ1n) is 9.32. The number of aryl methyl sites for hydroxylation is 2. The quantitative estimate of drug-likeness (QED) is 0.670. The van der Waals surface area contributed by atoms with Crippen LogP contribution in [0.1, 0.15) is 29.5 Å². The van der Waals surface area contributed by atoms with Crippen LogP contribution in [0.2, 0.25) is 0 Å². The van der Waals surface area contributed by atoms with Crippen molar-refractivity contribution in [2.45, 2.75) is 37.0 Å². The van der Waals surface area contributed by atoms with E-state index in [1.807, 2.05) is 19.1 Å². The van der Waals surface area contributed by atoms with Crippen molar-refractivity contribution in [3.05, 3.63) is 75.8 Å². The first kappa shape index (κ1) is 18.9.